The Hall–Kier alpha value is -3.12. The lowest BCUT2D eigenvalue weighted by molar-refractivity contribution is 0.199. The second kappa shape index (κ2) is 6.65. The second-order valence-electron chi connectivity index (χ2n) is 6.35. The first kappa shape index (κ1) is 16.4. The molecular formula is C20H19N3O3. The lowest BCUT2D eigenvalue weighted by atomic mass is 10.2. The van der Waals surface area contributed by atoms with E-state index in [9.17, 15) is 9.90 Å². The average Bonchev–Trinajstić information content (AvgIpc) is 3.01. The molecule has 1 atom stereocenters. The van der Waals surface area contributed by atoms with Gasteiger partial charge in [0.1, 0.15) is 16.9 Å². The van der Waals surface area contributed by atoms with Gasteiger partial charge in [-0.25, -0.2) is 4.98 Å². The van der Waals surface area contributed by atoms with Gasteiger partial charge in [0.2, 0.25) is 5.58 Å². The minimum absolute atomic E-state index is 0.233. The number of aliphatic hydroxyl groups excluding tert-OH is 1. The highest BCUT2D eigenvalue weighted by Gasteiger charge is 2.16. The van der Waals surface area contributed by atoms with Gasteiger partial charge in [0.25, 0.3) is 5.56 Å². The van der Waals surface area contributed by atoms with Gasteiger partial charge in [-0.05, 0) is 31.2 Å². The summed E-state index contributed by atoms with van der Waals surface area (Å²) >= 11 is 0. The van der Waals surface area contributed by atoms with Crippen LogP contribution in [0.5, 0.6) is 0 Å². The third-order valence-electron chi connectivity index (χ3n) is 4.23. The van der Waals surface area contributed by atoms with Gasteiger partial charge in [-0.3, -0.25) is 4.79 Å². The zero-order chi connectivity index (χ0) is 18.1. The number of anilines is 1. The Balaban J connectivity index is 1.77. The molecule has 132 valence electrons. The molecule has 0 unspecified atom stereocenters. The molecule has 2 N–H and O–H groups in total. The van der Waals surface area contributed by atoms with Crippen LogP contribution in [0.25, 0.3) is 22.1 Å². The van der Waals surface area contributed by atoms with E-state index in [2.05, 4.69) is 9.97 Å². The predicted molar refractivity (Wildman–Crippen MR) is 101 cm³/mol. The van der Waals surface area contributed by atoms with E-state index in [-0.39, 0.29) is 11.1 Å². The highest BCUT2D eigenvalue weighted by Crippen LogP contribution is 2.25. The smallest absolute Gasteiger partial charge is 0.294 e. The van der Waals surface area contributed by atoms with Crippen molar-refractivity contribution in [2.24, 2.45) is 0 Å². The Labute approximate surface area is 149 Å². The van der Waals surface area contributed by atoms with Crippen LogP contribution in [0.2, 0.25) is 0 Å². The Morgan fingerprint density at radius 3 is 2.65 bits per heavy atom. The van der Waals surface area contributed by atoms with Crippen molar-refractivity contribution >= 4 is 27.8 Å². The Morgan fingerprint density at radius 2 is 1.88 bits per heavy atom. The number of furan rings is 1. The van der Waals surface area contributed by atoms with Crippen LogP contribution in [0.4, 0.5) is 5.69 Å². The van der Waals surface area contributed by atoms with Crippen LogP contribution in [0, 0.1) is 0 Å². The maximum absolute atomic E-state index is 12.5. The molecule has 0 radical (unpaired) electrons. The summed E-state index contributed by atoms with van der Waals surface area (Å²) in [5.41, 5.74) is 2.09. The molecule has 0 fully saturated rings. The lowest BCUT2D eigenvalue weighted by Crippen LogP contribution is -2.32. The Morgan fingerprint density at radius 1 is 1.15 bits per heavy atom. The van der Waals surface area contributed by atoms with Crippen LogP contribution in [-0.2, 0) is 6.54 Å². The number of hydrogen-bond donors (Lipinski definition) is 2. The maximum atomic E-state index is 12.5. The normalized spacial score (nSPS) is 12.5. The molecule has 0 spiro atoms. The van der Waals surface area contributed by atoms with Gasteiger partial charge in [0, 0.05) is 17.6 Å². The first-order chi connectivity index (χ1) is 12.6. The summed E-state index contributed by atoms with van der Waals surface area (Å²) in [6, 6.07) is 17.2. The second-order valence-corrected chi connectivity index (χ2v) is 6.35. The number of hydrogen-bond acceptors (Lipinski definition) is 5. The molecule has 2 aromatic carbocycles. The summed E-state index contributed by atoms with van der Waals surface area (Å²) in [7, 11) is 0. The third-order valence-corrected chi connectivity index (χ3v) is 4.23. The number of aromatic amines is 1. The van der Waals surface area contributed by atoms with Crippen LogP contribution < -0.4 is 10.5 Å². The van der Waals surface area contributed by atoms with E-state index in [4.69, 9.17) is 4.42 Å². The Kier molecular flexibility index (Phi) is 4.18. The summed E-state index contributed by atoms with van der Waals surface area (Å²) in [5.74, 6) is 0.526. The SMILES string of the molecule is C[C@H](O)CN(Cc1nc2c(oc3ccccc32)c(=O)[nH]1)c1ccccc1. The number of aromatic nitrogens is 2. The van der Waals surface area contributed by atoms with Gasteiger partial charge in [0.15, 0.2) is 0 Å². The topological polar surface area (TPSA) is 82.4 Å². The monoisotopic (exact) mass is 349 g/mol. The minimum atomic E-state index is -0.514. The van der Waals surface area contributed by atoms with E-state index < -0.39 is 6.10 Å². The zero-order valence-electron chi connectivity index (χ0n) is 14.3. The lowest BCUT2D eigenvalue weighted by Gasteiger charge is -2.25. The van der Waals surface area contributed by atoms with Crippen molar-refractivity contribution in [1.82, 2.24) is 9.97 Å². The van der Waals surface area contributed by atoms with Crippen molar-refractivity contribution in [2.45, 2.75) is 19.6 Å². The van der Waals surface area contributed by atoms with E-state index in [1.54, 1.807) is 6.92 Å². The molecule has 6 heteroatoms. The number of H-pyrrole nitrogens is 1. The first-order valence-corrected chi connectivity index (χ1v) is 8.50. The number of aliphatic hydroxyl groups is 1. The summed E-state index contributed by atoms with van der Waals surface area (Å²) in [6.45, 7) is 2.54. The maximum Gasteiger partial charge on any atom is 0.294 e. The molecule has 4 aromatic rings. The molecular weight excluding hydrogens is 330 g/mol. The molecule has 2 aromatic heterocycles. The Bertz CT molecular complexity index is 1100. The van der Waals surface area contributed by atoms with E-state index in [1.165, 1.54) is 0 Å². The molecule has 0 saturated carbocycles. The fourth-order valence-corrected chi connectivity index (χ4v) is 3.12. The molecule has 0 aliphatic rings. The molecule has 0 aliphatic carbocycles. The van der Waals surface area contributed by atoms with Crippen LogP contribution >= 0.6 is 0 Å². The van der Waals surface area contributed by atoms with Crippen LogP contribution in [0.3, 0.4) is 0 Å². The van der Waals surface area contributed by atoms with Crippen molar-refractivity contribution < 1.29 is 9.52 Å². The van der Waals surface area contributed by atoms with Gasteiger partial charge in [0.05, 0.1) is 12.6 Å². The third kappa shape index (κ3) is 3.07. The molecule has 6 nitrogen and oxygen atoms in total. The molecule has 4 rings (SSSR count). The quantitative estimate of drug-likeness (QED) is 0.579. The predicted octanol–water partition coefficient (Wildman–Crippen LogP) is 3.06. The number of para-hydroxylation sites is 2. The summed E-state index contributed by atoms with van der Waals surface area (Å²) in [6.07, 6.45) is -0.514. The van der Waals surface area contributed by atoms with Gasteiger partial charge in [-0.2, -0.15) is 0 Å². The summed E-state index contributed by atoms with van der Waals surface area (Å²) in [4.78, 5) is 21.9. The standard InChI is InChI=1S/C20H19N3O3/c1-13(24)11-23(14-7-3-2-4-8-14)12-17-21-18-15-9-5-6-10-16(15)26-19(18)20(25)22-17/h2-10,13,24H,11-12H2,1H3,(H,21,22,25)/t13-/m0/s1. The fraction of sp³-hybridized carbons (Fsp3) is 0.200. The van der Waals surface area contributed by atoms with Crippen molar-refractivity contribution in [3.05, 3.63) is 70.8 Å². The number of fused-ring (bicyclic) bond motifs is 3. The summed E-state index contributed by atoms with van der Waals surface area (Å²) < 4.78 is 5.63. The zero-order valence-corrected chi connectivity index (χ0v) is 14.3. The molecule has 2 heterocycles. The first-order valence-electron chi connectivity index (χ1n) is 8.50. The fourth-order valence-electron chi connectivity index (χ4n) is 3.12. The van der Waals surface area contributed by atoms with Gasteiger partial charge >= 0.3 is 0 Å². The summed E-state index contributed by atoms with van der Waals surface area (Å²) in [5, 5.41) is 10.7. The van der Waals surface area contributed by atoms with E-state index >= 15 is 0 Å². The van der Waals surface area contributed by atoms with Gasteiger partial charge in [-0.15, -0.1) is 0 Å². The van der Waals surface area contributed by atoms with Crippen LogP contribution in [0.1, 0.15) is 12.7 Å². The minimum Gasteiger partial charge on any atom is -0.449 e. The van der Waals surface area contributed by atoms with Gasteiger partial charge in [-0.1, -0.05) is 30.3 Å². The largest absolute Gasteiger partial charge is 0.449 e. The van der Waals surface area contributed by atoms with Crippen LogP contribution in [0.15, 0.2) is 63.8 Å². The van der Waals surface area contributed by atoms with E-state index in [1.807, 2.05) is 59.5 Å². The molecule has 0 amide bonds. The number of nitrogens with one attached hydrogen (secondary N) is 1. The average molecular weight is 349 g/mol. The van der Waals surface area contributed by atoms with Crippen molar-refractivity contribution in [3.63, 3.8) is 0 Å². The number of nitrogens with zero attached hydrogens (tertiary/aromatic N) is 2. The van der Waals surface area contributed by atoms with Gasteiger partial charge < -0.3 is 19.4 Å². The molecule has 0 aliphatic heterocycles. The van der Waals surface area contributed by atoms with Crippen molar-refractivity contribution in [2.75, 3.05) is 11.4 Å². The highest BCUT2D eigenvalue weighted by atomic mass is 16.3. The highest BCUT2D eigenvalue weighted by molar-refractivity contribution is 6.01. The van der Waals surface area contributed by atoms with Crippen molar-refractivity contribution in [1.29, 1.82) is 0 Å². The van der Waals surface area contributed by atoms with E-state index in [0.717, 1.165) is 11.1 Å². The molecule has 0 bridgehead atoms. The molecule has 0 saturated heterocycles. The number of benzene rings is 2. The number of rotatable bonds is 5. The molecule has 26 heavy (non-hydrogen) atoms. The van der Waals surface area contributed by atoms with E-state index in [0.29, 0.717) is 30.0 Å². The van der Waals surface area contributed by atoms with Crippen LogP contribution in [-0.4, -0.2) is 27.7 Å². The van der Waals surface area contributed by atoms with Crippen molar-refractivity contribution in [3.8, 4) is 0 Å².